The summed E-state index contributed by atoms with van der Waals surface area (Å²) < 4.78 is 42.2. The van der Waals surface area contributed by atoms with Gasteiger partial charge in [0.25, 0.3) is 0 Å². The van der Waals surface area contributed by atoms with Gasteiger partial charge in [0, 0.05) is 28.9 Å². The predicted octanol–water partition coefficient (Wildman–Crippen LogP) is 7.78. The van der Waals surface area contributed by atoms with Crippen LogP contribution in [0.4, 0.5) is 8.78 Å². The SMILES string of the molecule is COC(=O)c1cnc(OCC(C2CCCCC2)n2c(-c3ccc(Cl)cc3)nc3cc(F)c(F)cc32)c(Br)c1. The van der Waals surface area contributed by atoms with Gasteiger partial charge in [-0.15, -0.1) is 0 Å². The average molecular weight is 605 g/mol. The third-order valence-electron chi connectivity index (χ3n) is 6.98. The Morgan fingerprint density at radius 1 is 1.13 bits per heavy atom. The van der Waals surface area contributed by atoms with E-state index in [4.69, 9.17) is 26.1 Å². The Morgan fingerprint density at radius 2 is 1.84 bits per heavy atom. The molecule has 1 aliphatic rings. The van der Waals surface area contributed by atoms with E-state index in [2.05, 4.69) is 20.9 Å². The van der Waals surface area contributed by atoms with Gasteiger partial charge in [0.2, 0.25) is 5.88 Å². The predicted molar refractivity (Wildman–Crippen MR) is 144 cm³/mol. The van der Waals surface area contributed by atoms with Crippen molar-refractivity contribution in [1.82, 2.24) is 14.5 Å². The Morgan fingerprint density at radius 3 is 2.53 bits per heavy atom. The molecule has 1 unspecified atom stereocenters. The molecule has 10 heteroatoms. The smallest absolute Gasteiger partial charge is 0.339 e. The summed E-state index contributed by atoms with van der Waals surface area (Å²) in [6, 6.07) is 10.9. The van der Waals surface area contributed by atoms with E-state index in [0.29, 0.717) is 37.8 Å². The zero-order valence-electron chi connectivity index (χ0n) is 20.6. The maximum Gasteiger partial charge on any atom is 0.339 e. The van der Waals surface area contributed by atoms with Crippen LogP contribution in [0, 0.1) is 17.6 Å². The number of halogens is 4. The van der Waals surface area contributed by atoms with Gasteiger partial charge >= 0.3 is 5.97 Å². The first-order chi connectivity index (χ1) is 18.4. The van der Waals surface area contributed by atoms with Crippen LogP contribution in [0.15, 0.2) is 53.1 Å². The molecule has 0 bridgehead atoms. The number of nitrogens with zero attached hydrogens (tertiary/aromatic N) is 3. The maximum absolute atomic E-state index is 14.5. The second kappa shape index (κ2) is 11.4. The van der Waals surface area contributed by atoms with Crippen LogP contribution in [-0.4, -0.2) is 34.2 Å². The molecule has 0 spiro atoms. The number of fused-ring (bicyclic) bond motifs is 1. The summed E-state index contributed by atoms with van der Waals surface area (Å²) in [5, 5.41) is 0.576. The number of benzene rings is 2. The summed E-state index contributed by atoms with van der Waals surface area (Å²) in [6.45, 7) is 0.207. The van der Waals surface area contributed by atoms with E-state index in [1.807, 2.05) is 16.7 Å². The number of esters is 1. The second-order valence-corrected chi connectivity index (χ2v) is 10.6. The van der Waals surface area contributed by atoms with E-state index in [9.17, 15) is 13.6 Å². The van der Waals surface area contributed by atoms with Crippen molar-refractivity contribution < 1.29 is 23.0 Å². The normalized spacial score (nSPS) is 15.0. The largest absolute Gasteiger partial charge is 0.475 e. The zero-order valence-corrected chi connectivity index (χ0v) is 22.9. The number of carbonyl (C=O) groups is 1. The Hall–Kier alpha value is -3.04. The average Bonchev–Trinajstić information content (AvgIpc) is 3.28. The number of hydrogen-bond donors (Lipinski definition) is 0. The van der Waals surface area contributed by atoms with E-state index in [1.54, 1.807) is 18.2 Å². The molecule has 6 nitrogen and oxygen atoms in total. The molecule has 2 aromatic carbocycles. The van der Waals surface area contributed by atoms with Gasteiger partial charge < -0.3 is 14.0 Å². The fraction of sp³-hybridized carbons (Fsp3) is 0.321. The highest BCUT2D eigenvalue weighted by molar-refractivity contribution is 9.10. The van der Waals surface area contributed by atoms with E-state index >= 15 is 0 Å². The number of imidazole rings is 1. The second-order valence-electron chi connectivity index (χ2n) is 9.35. The third kappa shape index (κ3) is 5.40. The van der Waals surface area contributed by atoms with Crippen LogP contribution in [0.3, 0.4) is 0 Å². The van der Waals surface area contributed by atoms with Crippen LogP contribution >= 0.6 is 27.5 Å². The van der Waals surface area contributed by atoms with Crippen LogP contribution in [-0.2, 0) is 4.74 Å². The summed E-state index contributed by atoms with van der Waals surface area (Å²) in [7, 11) is 1.30. The highest BCUT2D eigenvalue weighted by Gasteiger charge is 2.31. The van der Waals surface area contributed by atoms with Gasteiger partial charge in [0.15, 0.2) is 11.6 Å². The number of aromatic nitrogens is 3. The van der Waals surface area contributed by atoms with Gasteiger partial charge in [-0.05, 0) is 65.0 Å². The number of pyridine rings is 1. The molecule has 0 amide bonds. The van der Waals surface area contributed by atoms with Crippen LogP contribution in [0.25, 0.3) is 22.4 Å². The molecule has 2 aromatic heterocycles. The minimum atomic E-state index is -0.950. The Balaban J connectivity index is 1.59. The molecule has 0 saturated heterocycles. The zero-order chi connectivity index (χ0) is 26.8. The van der Waals surface area contributed by atoms with Crippen molar-refractivity contribution in [3.63, 3.8) is 0 Å². The monoisotopic (exact) mass is 603 g/mol. The van der Waals surface area contributed by atoms with Crippen LogP contribution in [0.2, 0.25) is 5.02 Å². The van der Waals surface area contributed by atoms with Gasteiger partial charge in [0.05, 0.1) is 34.2 Å². The molecule has 1 aliphatic carbocycles. The summed E-state index contributed by atoms with van der Waals surface area (Å²) in [6.07, 6.45) is 6.62. The van der Waals surface area contributed by atoms with Crippen LogP contribution < -0.4 is 4.74 Å². The molecule has 1 fully saturated rings. The molecule has 198 valence electrons. The van der Waals surface area contributed by atoms with Crippen LogP contribution in [0.5, 0.6) is 5.88 Å². The van der Waals surface area contributed by atoms with Crippen molar-refractivity contribution in [2.24, 2.45) is 5.92 Å². The van der Waals surface area contributed by atoms with Gasteiger partial charge in [0.1, 0.15) is 12.4 Å². The fourth-order valence-electron chi connectivity index (χ4n) is 5.09. The lowest BCUT2D eigenvalue weighted by atomic mass is 9.83. The van der Waals surface area contributed by atoms with E-state index in [0.717, 1.165) is 43.7 Å². The third-order valence-corrected chi connectivity index (χ3v) is 7.80. The molecule has 0 radical (unpaired) electrons. The van der Waals surface area contributed by atoms with Gasteiger partial charge in [-0.3, -0.25) is 0 Å². The molecule has 1 saturated carbocycles. The van der Waals surface area contributed by atoms with Gasteiger partial charge in [-0.1, -0.05) is 30.9 Å². The first-order valence-electron chi connectivity index (χ1n) is 12.3. The van der Waals surface area contributed by atoms with E-state index in [-0.39, 0.29) is 18.6 Å². The minimum absolute atomic E-state index is 0.207. The molecular formula is C28H25BrClF2N3O3. The summed E-state index contributed by atoms with van der Waals surface area (Å²) in [5.74, 6) is -1.28. The van der Waals surface area contributed by atoms with Gasteiger partial charge in [-0.25, -0.2) is 23.5 Å². The molecule has 4 aromatic rings. The Kier molecular flexibility index (Phi) is 7.95. The Labute approximate surface area is 232 Å². The van der Waals surface area contributed by atoms with E-state index in [1.165, 1.54) is 19.4 Å². The molecule has 1 atom stereocenters. The first kappa shape index (κ1) is 26.6. The van der Waals surface area contributed by atoms with Gasteiger partial charge in [-0.2, -0.15) is 0 Å². The highest BCUT2D eigenvalue weighted by Crippen LogP contribution is 2.39. The highest BCUT2D eigenvalue weighted by atomic mass is 79.9. The van der Waals surface area contributed by atoms with Crippen LogP contribution in [0.1, 0.15) is 48.5 Å². The lowest BCUT2D eigenvalue weighted by Crippen LogP contribution is -2.28. The first-order valence-corrected chi connectivity index (χ1v) is 13.5. The minimum Gasteiger partial charge on any atom is -0.475 e. The topological polar surface area (TPSA) is 66.2 Å². The van der Waals surface area contributed by atoms with Crippen molar-refractivity contribution in [2.75, 3.05) is 13.7 Å². The fourth-order valence-corrected chi connectivity index (χ4v) is 5.68. The molecule has 5 rings (SSSR count). The molecule has 38 heavy (non-hydrogen) atoms. The van der Waals surface area contributed by atoms with Crippen molar-refractivity contribution in [3.8, 4) is 17.3 Å². The number of ether oxygens (including phenoxy) is 2. The van der Waals surface area contributed by atoms with Crippen molar-refractivity contribution in [2.45, 2.75) is 38.1 Å². The van der Waals surface area contributed by atoms with E-state index < -0.39 is 17.6 Å². The summed E-state index contributed by atoms with van der Waals surface area (Å²) in [5.41, 5.74) is 1.91. The molecular weight excluding hydrogens is 580 g/mol. The van der Waals surface area contributed by atoms with Crippen molar-refractivity contribution in [1.29, 1.82) is 0 Å². The van der Waals surface area contributed by atoms with Crippen molar-refractivity contribution >= 4 is 44.5 Å². The quantitative estimate of drug-likeness (QED) is 0.202. The summed E-state index contributed by atoms with van der Waals surface area (Å²) in [4.78, 5) is 20.9. The number of methoxy groups -OCH3 is 1. The molecule has 0 aliphatic heterocycles. The molecule has 2 heterocycles. The number of hydrogen-bond acceptors (Lipinski definition) is 5. The Bertz CT molecular complexity index is 1470. The molecule has 0 N–H and O–H groups in total. The summed E-state index contributed by atoms with van der Waals surface area (Å²) >= 11 is 9.57. The number of rotatable bonds is 7. The standard InChI is InChI=1S/C28H25BrClF2N3O3/c1-37-28(36)18-11-20(29)27(33-14-18)38-15-25(16-5-3-2-4-6-16)35-24-13-22(32)21(31)12-23(24)34-26(35)17-7-9-19(30)10-8-17/h7-14,16,25H,2-6,15H2,1H3. The lowest BCUT2D eigenvalue weighted by molar-refractivity contribution is 0.0600. The number of carbonyl (C=O) groups excluding carboxylic acids is 1. The maximum atomic E-state index is 14.5. The lowest BCUT2D eigenvalue weighted by Gasteiger charge is -2.32. The van der Waals surface area contributed by atoms with Crippen molar-refractivity contribution in [3.05, 3.63) is 75.4 Å².